The molecule has 3 rings (SSSR count). The molecular formula is C19H17F2NO. The first kappa shape index (κ1) is 15.4. The van der Waals surface area contributed by atoms with Crippen molar-refractivity contribution in [1.82, 2.24) is 4.98 Å². The standard InChI is InChI=1S/C19H17F2NO/c1-10(2)13-6-11(3)14(8-16(13)21)18-9-19(23)15-7-12(20)4-5-17(15)22-18/h4-10H,1-3H3,(H,22,23). The smallest absolute Gasteiger partial charge is 0.190 e. The third-order valence-corrected chi connectivity index (χ3v) is 4.05. The van der Waals surface area contributed by atoms with Gasteiger partial charge in [-0.25, -0.2) is 8.78 Å². The number of aromatic nitrogens is 1. The minimum absolute atomic E-state index is 0.0846. The van der Waals surface area contributed by atoms with Crippen molar-refractivity contribution in [3.05, 3.63) is 69.4 Å². The lowest BCUT2D eigenvalue weighted by Gasteiger charge is -2.13. The summed E-state index contributed by atoms with van der Waals surface area (Å²) in [4.78, 5) is 15.3. The Hall–Kier alpha value is -2.49. The van der Waals surface area contributed by atoms with Gasteiger partial charge in [-0.15, -0.1) is 0 Å². The molecule has 2 aromatic carbocycles. The van der Waals surface area contributed by atoms with Crippen LogP contribution in [0.3, 0.4) is 0 Å². The molecule has 0 radical (unpaired) electrons. The molecule has 0 aliphatic carbocycles. The quantitative estimate of drug-likeness (QED) is 0.717. The minimum Gasteiger partial charge on any atom is -0.354 e. The van der Waals surface area contributed by atoms with Gasteiger partial charge in [-0.05, 0) is 48.2 Å². The van der Waals surface area contributed by atoms with Crippen molar-refractivity contribution in [2.45, 2.75) is 26.7 Å². The first-order valence-corrected chi connectivity index (χ1v) is 7.50. The highest BCUT2D eigenvalue weighted by Crippen LogP contribution is 2.28. The van der Waals surface area contributed by atoms with Crippen molar-refractivity contribution >= 4 is 10.9 Å². The van der Waals surface area contributed by atoms with Crippen molar-refractivity contribution in [2.75, 3.05) is 0 Å². The van der Waals surface area contributed by atoms with Crippen LogP contribution >= 0.6 is 0 Å². The summed E-state index contributed by atoms with van der Waals surface area (Å²) in [6.45, 7) is 5.75. The number of pyridine rings is 1. The van der Waals surface area contributed by atoms with Crippen LogP contribution in [0.5, 0.6) is 0 Å². The van der Waals surface area contributed by atoms with E-state index in [0.29, 0.717) is 22.3 Å². The molecule has 0 spiro atoms. The number of H-pyrrole nitrogens is 1. The fourth-order valence-electron chi connectivity index (χ4n) is 2.80. The largest absolute Gasteiger partial charge is 0.354 e. The average molecular weight is 313 g/mol. The van der Waals surface area contributed by atoms with E-state index in [1.165, 1.54) is 30.3 Å². The normalized spacial score (nSPS) is 11.4. The molecule has 23 heavy (non-hydrogen) atoms. The predicted octanol–water partition coefficient (Wildman–Crippen LogP) is 4.91. The maximum atomic E-state index is 14.3. The van der Waals surface area contributed by atoms with Gasteiger partial charge in [0.25, 0.3) is 0 Å². The zero-order chi connectivity index (χ0) is 16.7. The Balaban J connectivity index is 2.23. The average Bonchev–Trinajstić information content (AvgIpc) is 2.49. The van der Waals surface area contributed by atoms with Crippen LogP contribution in [0.1, 0.15) is 30.9 Å². The monoisotopic (exact) mass is 313 g/mol. The van der Waals surface area contributed by atoms with Crippen molar-refractivity contribution in [3.63, 3.8) is 0 Å². The van der Waals surface area contributed by atoms with Gasteiger partial charge < -0.3 is 4.98 Å². The lowest BCUT2D eigenvalue weighted by atomic mass is 9.95. The molecule has 0 aliphatic heterocycles. The lowest BCUT2D eigenvalue weighted by Crippen LogP contribution is -2.05. The van der Waals surface area contributed by atoms with E-state index in [1.807, 2.05) is 26.8 Å². The van der Waals surface area contributed by atoms with E-state index in [2.05, 4.69) is 4.98 Å². The SMILES string of the molecule is Cc1cc(C(C)C)c(F)cc1-c1cc(=O)c2cc(F)ccc2[nH]1. The molecule has 1 heterocycles. The van der Waals surface area contributed by atoms with E-state index in [4.69, 9.17) is 0 Å². The van der Waals surface area contributed by atoms with Crippen LogP contribution in [0.25, 0.3) is 22.2 Å². The molecule has 3 aromatic rings. The van der Waals surface area contributed by atoms with Gasteiger partial charge in [0.05, 0.1) is 5.69 Å². The highest BCUT2D eigenvalue weighted by molar-refractivity contribution is 5.82. The summed E-state index contributed by atoms with van der Waals surface area (Å²) in [5.74, 6) is -0.665. The number of aryl methyl sites for hydroxylation is 1. The van der Waals surface area contributed by atoms with Crippen LogP contribution in [0.2, 0.25) is 0 Å². The molecule has 0 aliphatic rings. The van der Waals surface area contributed by atoms with Gasteiger partial charge in [0.2, 0.25) is 0 Å². The Kier molecular flexibility index (Phi) is 3.76. The molecule has 1 N–H and O–H groups in total. The highest BCUT2D eigenvalue weighted by atomic mass is 19.1. The molecule has 0 bridgehead atoms. The van der Waals surface area contributed by atoms with Gasteiger partial charge in [-0.2, -0.15) is 0 Å². The van der Waals surface area contributed by atoms with E-state index >= 15 is 0 Å². The lowest BCUT2D eigenvalue weighted by molar-refractivity contribution is 0.598. The van der Waals surface area contributed by atoms with Crippen molar-refractivity contribution in [1.29, 1.82) is 0 Å². The maximum Gasteiger partial charge on any atom is 0.190 e. The number of benzene rings is 2. The minimum atomic E-state index is -0.459. The summed E-state index contributed by atoms with van der Waals surface area (Å²) in [6.07, 6.45) is 0. The molecule has 0 atom stereocenters. The first-order chi connectivity index (χ1) is 10.9. The Morgan fingerprint density at radius 2 is 1.78 bits per heavy atom. The Bertz CT molecular complexity index is 957. The molecule has 0 unspecified atom stereocenters. The van der Waals surface area contributed by atoms with Gasteiger partial charge in [0, 0.05) is 22.5 Å². The Morgan fingerprint density at radius 1 is 1.04 bits per heavy atom. The fourth-order valence-corrected chi connectivity index (χ4v) is 2.80. The number of hydrogen-bond donors (Lipinski definition) is 1. The van der Waals surface area contributed by atoms with Gasteiger partial charge in [-0.3, -0.25) is 4.79 Å². The predicted molar refractivity (Wildman–Crippen MR) is 88.7 cm³/mol. The summed E-state index contributed by atoms with van der Waals surface area (Å²) in [5, 5.41) is 0.283. The number of halogens is 2. The Morgan fingerprint density at radius 3 is 2.48 bits per heavy atom. The second-order valence-corrected chi connectivity index (χ2v) is 6.08. The van der Waals surface area contributed by atoms with Gasteiger partial charge in [-0.1, -0.05) is 19.9 Å². The number of aromatic amines is 1. The topological polar surface area (TPSA) is 32.9 Å². The van der Waals surface area contributed by atoms with Crippen molar-refractivity contribution in [3.8, 4) is 11.3 Å². The van der Waals surface area contributed by atoms with Gasteiger partial charge in [0.15, 0.2) is 5.43 Å². The zero-order valence-electron chi connectivity index (χ0n) is 13.2. The molecular weight excluding hydrogens is 296 g/mol. The number of fused-ring (bicyclic) bond motifs is 1. The van der Waals surface area contributed by atoms with Gasteiger partial charge in [0.1, 0.15) is 11.6 Å². The summed E-state index contributed by atoms with van der Waals surface area (Å²) in [7, 11) is 0. The summed E-state index contributed by atoms with van der Waals surface area (Å²) in [6, 6.07) is 8.65. The highest BCUT2D eigenvalue weighted by Gasteiger charge is 2.13. The van der Waals surface area contributed by atoms with Crippen molar-refractivity contribution in [2.24, 2.45) is 0 Å². The van der Waals surface area contributed by atoms with E-state index in [0.717, 1.165) is 5.56 Å². The van der Waals surface area contributed by atoms with Gasteiger partial charge >= 0.3 is 0 Å². The second-order valence-electron chi connectivity index (χ2n) is 6.08. The van der Waals surface area contributed by atoms with Crippen molar-refractivity contribution < 1.29 is 8.78 Å². The summed E-state index contributed by atoms with van der Waals surface area (Å²) < 4.78 is 27.6. The van der Waals surface area contributed by atoms with E-state index in [1.54, 1.807) is 0 Å². The molecule has 0 fully saturated rings. The zero-order valence-corrected chi connectivity index (χ0v) is 13.2. The van der Waals surface area contributed by atoms with Crippen LogP contribution < -0.4 is 5.43 Å². The number of hydrogen-bond acceptors (Lipinski definition) is 1. The van der Waals surface area contributed by atoms with Crippen LogP contribution in [0.15, 0.2) is 41.2 Å². The third-order valence-electron chi connectivity index (χ3n) is 4.05. The molecule has 1 aromatic heterocycles. The van der Waals surface area contributed by atoms with Crippen LogP contribution in [0.4, 0.5) is 8.78 Å². The Labute approximate surface area is 132 Å². The van der Waals surface area contributed by atoms with E-state index < -0.39 is 5.82 Å². The molecule has 118 valence electrons. The van der Waals surface area contributed by atoms with E-state index in [-0.39, 0.29) is 22.6 Å². The third kappa shape index (κ3) is 2.77. The van der Waals surface area contributed by atoms with Crippen LogP contribution in [-0.2, 0) is 0 Å². The molecule has 4 heteroatoms. The molecule has 0 saturated carbocycles. The summed E-state index contributed by atoms with van der Waals surface area (Å²) in [5.41, 5.74) is 2.93. The molecule has 2 nitrogen and oxygen atoms in total. The van der Waals surface area contributed by atoms with E-state index in [9.17, 15) is 13.6 Å². The fraction of sp³-hybridized carbons (Fsp3) is 0.211. The number of rotatable bonds is 2. The van der Waals surface area contributed by atoms with Crippen LogP contribution in [0, 0.1) is 18.6 Å². The maximum absolute atomic E-state index is 14.3. The summed E-state index contributed by atoms with van der Waals surface area (Å²) >= 11 is 0. The second kappa shape index (κ2) is 5.61. The first-order valence-electron chi connectivity index (χ1n) is 7.50. The molecule has 0 saturated heterocycles. The molecule has 0 amide bonds. The van der Waals surface area contributed by atoms with Crippen LogP contribution in [-0.4, -0.2) is 4.98 Å². The number of nitrogens with one attached hydrogen (secondary N) is 1.